The van der Waals surface area contributed by atoms with Gasteiger partial charge < -0.3 is 15.0 Å². The highest BCUT2D eigenvalue weighted by atomic mass is 16.6. The summed E-state index contributed by atoms with van der Waals surface area (Å²) in [5, 5.41) is 3.39. The smallest absolute Gasteiger partial charge is 0.410 e. The fourth-order valence-corrected chi connectivity index (χ4v) is 3.82. The number of piperidine rings is 1. The summed E-state index contributed by atoms with van der Waals surface area (Å²) in [5.41, 5.74) is 0.105. The summed E-state index contributed by atoms with van der Waals surface area (Å²) >= 11 is 0. The molecule has 3 aliphatic rings. The Kier molecular flexibility index (Phi) is 2.63. The molecular formula is C14H24N2O2. The summed E-state index contributed by atoms with van der Waals surface area (Å²) in [7, 11) is 0. The first-order valence-corrected chi connectivity index (χ1v) is 7.11. The van der Waals surface area contributed by atoms with Crippen LogP contribution in [0.1, 0.15) is 46.5 Å². The standard InChI is InChI=1S/C14H24N2O2/c1-13(2,3)18-12(17)16-10-4-5-11(16)7-14(6-10)8-15-9-14/h10-11,15H,4-9H2,1-3H3. The zero-order valence-corrected chi connectivity index (χ0v) is 11.7. The largest absolute Gasteiger partial charge is 0.444 e. The van der Waals surface area contributed by atoms with E-state index < -0.39 is 0 Å². The molecule has 18 heavy (non-hydrogen) atoms. The van der Waals surface area contributed by atoms with Crippen LogP contribution in [-0.4, -0.2) is 41.8 Å². The van der Waals surface area contributed by atoms with Crippen molar-refractivity contribution in [2.24, 2.45) is 5.41 Å². The number of nitrogens with zero attached hydrogens (tertiary/aromatic N) is 1. The molecule has 3 heterocycles. The molecule has 1 spiro atoms. The molecule has 0 aliphatic carbocycles. The van der Waals surface area contributed by atoms with E-state index in [2.05, 4.69) is 5.32 Å². The molecule has 4 heteroatoms. The Labute approximate surface area is 109 Å². The second-order valence-electron chi connectivity index (χ2n) is 7.28. The maximum absolute atomic E-state index is 12.3. The molecule has 0 aromatic carbocycles. The first kappa shape index (κ1) is 12.3. The first-order valence-electron chi connectivity index (χ1n) is 7.11. The molecular weight excluding hydrogens is 228 g/mol. The van der Waals surface area contributed by atoms with E-state index >= 15 is 0 Å². The van der Waals surface area contributed by atoms with Gasteiger partial charge in [0.2, 0.25) is 0 Å². The number of hydrogen-bond donors (Lipinski definition) is 1. The normalized spacial score (nSPS) is 33.4. The van der Waals surface area contributed by atoms with Crippen molar-refractivity contribution in [3.05, 3.63) is 0 Å². The molecule has 102 valence electrons. The topological polar surface area (TPSA) is 41.6 Å². The van der Waals surface area contributed by atoms with Crippen molar-refractivity contribution in [3.63, 3.8) is 0 Å². The molecule has 3 aliphatic heterocycles. The molecule has 3 saturated heterocycles. The van der Waals surface area contributed by atoms with Gasteiger partial charge in [0.05, 0.1) is 0 Å². The number of amides is 1. The summed E-state index contributed by atoms with van der Waals surface area (Å²) in [6, 6.07) is 0.835. The van der Waals surface area contributed by atoms with E-state index in [-0.39, 0.29) is 11.7 Å². The third-order valence-electron chi connectivity index (χ3n) is 4.56. The Morgan fingerprint density at radius 2 is 1.78 bits per heavy atom. The van der Waals surface area contributed by atoms with Crippen LogP contribution in [0.3, 0.4) is 0 Å². The fraction of sp³-hybridized carbons (Fsp3) is 0.929. The van der Waals surface area contributed by atoms with Crippen molar-refractivity contribution in [3.8, 4) is 0 Å². The van der Waals surface area contributed by atoms with Gasteiger partial charge in [0.1, 0.15) is 5.60 Å². The lowest BCUT2D eigenvalue weighted by Crippen LogP contribution is -2.62. The van der Waals surface area contributed by atoms with Gasteiger partial charge in [-0.05, 0) is 51.9 Å². The van der Waals surface area contributed by atoms with Gasteiger partial charge in [-0.1, -0.05) is 0 Å². The number of fused-ring (bicyclic) bond motifs is 2. The van der Waals surface area contributed by atoms with E-state index in [9.17, 15) is 4.79 Å². The number of carbonyl (C=O) groups is 1. The molecule has 1 amide bonds. The minimum atomic E-state index is -0.385. The number of nitrogens with one attached hydrogen (secondary N) is 1. The minimum absolute atomic E-state index is 0.0999. The zero-order valence-electron chi connectivity index (χ0n) is 11.7. The summed E-state index contributed by atoms with van der Waals surface area (Å²) < 4.78 is 5.55. The van der Waals surface area contributed by atoms with Crippen LogP contribution in [-0.2, 0) is 4.74 Å². The lowest BCUT2D eigenvalue weighted by molar-refractivity contribution is -0.0242. The molecule has 4 nitrogen and oxygen atoms in total. The highest BCUT2D eigenvalue weighted by Crippen LogP contribution is 2.47. The van der Waals surface area contributed by atoms with Crippen LogP contribution in [0.25, 0.3) is 0 Å². The minimum Gasteiger partial charge on any atom is -0.444 e. The van der Waals surface area contributed by atoms with Gasteiger partial charge in [0, 0.05) is 25.2 Å². The van der Waals surface area contributed by atoms with Crippen molar-refractivity contribution in [1.82, 2.24) is 10.2 Å². The van der Waals surface area contributed by atoms with Gasteiger partial charge >= 0.3 is 6.09 Å². The average Bonchev–Trinajstić information content (AvgIpc) is 2.45. The average molecular weight is 252 g/mol. The lowest BCUT2D eigenvalue weighted by Gasteiger charge is -2.51. The SMILES string of the molecule is CC(C)(C)OC(=O)N1C2CCC1CC1(CNC1)C2. The number of ether oxygens (including phenoxy) is 1. The second kappa shape index (κ2) is 3.86. The lowest BCUT2D eigenvalue weighted by atomic mass is 9.70. The number of hydrogen-bond acceptors (Lipinski definition) is 3. The Morgan fingerprint density at radius 1 is 1.22 bits per heavy atom. The van der Waals surface area contributed by atoms with E-state index in [1.54, 1.807) is 0 Å². The van der Waals surface area contributed by atoms with Crippen LogP contribution in [0.2, 0.25) is 0 Å². The maximum Gasteiger partial charge on any atom is 0.410 e. The molecule has 2 atom stereocenters. The van der Waals surface area contributed by atoms with Gasteiger partial charge in [-0.3, -0.25) is 0 Å². The van der Waals surface area contributed by atoms with Crippen LogP contribution < -0.4 is 5.32 Å². The van der Waals surface area contributed by atoms with Crippen LogP contribution in [0.15, 0.2) is 0 Å². The molecule has 2 bridgehead atoms. The van der Waals surface area contributed by atoms with Gasteiger partial charge in [-0.15, -0.1) is 0 Å². The number of carbonyl (C=O) groups excluding carboxylic acids is 1. The first-order chi connectivity index (χ1) is 8.39. The Morgan fingerprint density at radius 3 is 2.17 bits per heavy atom. The van der Waals surface area contributed by atoms with E-state index in [0.717, 1.165) is 38.8 Å². The Hall–Kier alpha value is -0.770. The van der Waals surface area contributed by atoms with Gasteiger partial charge in [-0.25, -0.2) is 4.79 Å². The van der Waals surface area contributed by atoms with E-state index in [1.807, 2.05) is 25.7 Å². The molecule has 0 aromatic heterocycles. The molecule has 0 aromatic rings. The van der Waals surface area contributed by atoms with Gasteiger partial charge in [0.15, 0.2) is 0 Å². The van der Waals surface area contributed by atoms with Crippen molar-refractivity contribution in [2.45, 2.75) is 64.1 Å². The van der Waals surface area contributed by atoms with Crippen LogP contribution >= 0.6 is 0 Å². The third-order valence-corrected chi connectivity index (χ3v) is 4.56. The van der Waals surface area contributed by atoms with Crippen LogP contribution in [0.4, 0.5) is 4.79 Å². The molecule has 0 saturated carbocycles. The van der Waals surface area contributed by atoms with Crippen molar-refractivity contribution >= 4 is 6.09 Å². The second-order valence-corrected chi connectivity index (χ2v) is 7.28. The predicted molar refractivity (Wildman–Crippen MR) is 69.4 cm³/mol. The van der Waals surface area contributed by atoms with Crippen LogP contribution in [0.5, 0.6) is 0 Å². The molecule has 2 unspecified atom stereocenters. The molecule has 1 N–H and O–H groups in total. The van der Waals surface area contributed by atoms with E-state index in [4.69, 9.17) is 4.74 Å². The third kappa shape index (κ3) is 2.00. The quantitative estimate of drug-likeness (QED) is 0.718. The summed E-state index contributed by atoms with van der Waals surface area (Å²) in [6.45, 7) is 8.10. The van der Waals surface area contributed by atoms with Crippen molar-refractivity contribution in [2.75, 3.05) is 13.1 Å². The molecule has 3 fully saturated rings. The van der Waals surface area contributed by atoms with Gasteiger partial charge in [-0.2, -0.15) is 0 Å². The van der Waals surface area contributed by atoms with E-state index in [0.29, 0.717) is 17.5 Å². The van der Waals surface area contributed by atoms with Crippen molar-refractivity contribution in [1.29, 1.82) is 0 Å². The predicted octanol–water partition coefficient (Wildman–Crippen LogP) is 2.14. The Bertz CT molecular complexity index is 341. The fourth-order valence-electron chi connectivity index (χ4n) is 3.82. The zero-order chi connectivity index (χ0) is 13.0. The highest BCUT2D eigenvalue weighted by molar-refractivity contribution is 5.69. The molecule has 0 radical (unpaired) electrons. The highest BCUT2D eigenvalue weighted by Gasteiger charge is 2.52. The molecule has 3 rings (SSSR count). The van der Waals surface area contributed by atoms with Crippen LogP contribution in [0, 0.1) is 5.41 Å². The number of rotatable bonds is 0. The summed E-state index contributed by atoms with van der Waals surface area (Å²) in [5.74, 6) is 0. The summed E-state index contributed by atoms with van der Waals surface area (Å²) in [4.78, 5) is 14.3. The van der Waals surface area contributed by atoms with E-state index in [1.165, 1.54) is 0 Å². The monoisotopic (exact) mass is 252 g/mol. The summed E-state index contributed by atoms with van der Waals surface area (Å²) in [6.07, 6.45) is 4.54. The van der Waals surface area contributed by atoms with Gasteiger partial charge in [0.25, 0.3) is 0 Å². The maximum atomic E-state index is 12.3. The Balaban J connectivity index is 1.70. The van der Waals surface area contributed by atoms with Crippen molar-refractivity contribution < 1.29 is 9.53 Å².